The molecule has 1 rings (SSSR count). The van der Waals surface area contributed by atoms with E-state index in [1.165, 1.54) is 0 Å². The highest BCUT2D eigenvalue weighted by atomic mass is 16.6. The van der Waals surface area contributed by atoms with Gasteiger partial charge in [-0.2, -0.15) is 0 Å². The number of anilines is 1. The molecule has 0 atom stereocenters. The molecule has 8 nitrogen and oxygen atoms in total. The second-order valence-electron chi connectivity index (χ2n) is 3.14. The fraction of sp³-hybridized carbons (Fsp3) is 0.200. The van der Waals surface area contributed by atoms with Gasteiger partial charge in [0.25, 0.3) is 5.69 Å². The summed E-state index contributed by atoms with van der Waals surface area (Å²) in [5.41, 5.74) is -0.768. The number of hydrogen-bond donors (Lipinski definition) is 2. The van der Waals surface area contributed by atoms with Gasteiger partial charge in [-0.25, -0.2) is 9.59 Å². The number of carboxylic acid groups (broad SMARTS) is 1. The van der Waals surface area contributed by atoms with Gasteiger partial charge in [0.2, 0.25) is 0 Å². The van der Waals surface area contributed by atoms with Crippen molar-refractivity contribution in [3.63, 3.8) is 0 Å². The van der Waals surface area contributed by atoms with Crippen molar-refractivity contribution < 1.29 is 24.4 Å². The number of aromatic carboxylic acids is 1. The molecule has 0 aliphatic rings. The van der Waals surface area contributed by atoms with Crippen molar-refractivity contribution in [1.29, 1.82) is 0 Å². The molecule has 0 aliphatic carbocycles. The number of carbonyl (C=O) groups excluding carboxylic acids is 1. The zero-order chi connectivity index (χ0) is 13.7. The van der Waals surface area contributed by atoms with Crippen molar-refractivity contribution in [3.8, 4) is 0 Å². The number of ether oxygens (including phenoxy) is 1. The molecule has 18 heavy (non-hydrogen) atoms. The monoisotopic (exact) mass is 254 g/mol. The highest BCUT2D eigenvalue weighted by Crippen LogP contribution is 2.22. The SMILES string of the molecule is CCOC(=O)Nc1cc([N+](=O)[O-])ccc1C(=O)O. The zero-order valence-corrected chi connectivity index (χ0v) is 9.37. The van der Waals surface area contributed by atoms with Gasteiger partial charge in [0, 0.05) is 12.1 Å². The van der Waals surface area contributed by atoms with E-state index in [4.69, 9.17) is 5.11 Å². The maximum Gasteiger partial charge on any atom is 0.411 e. The summed E-state index contributed by atoms with van der Waals surface area (Å²) in [5.74, 6) is -1.31. The minimum Gasteiger partial charge on any atom is -0.478 e. The van der Waals surface area contributed by atoms with Crippen molar-refractivity contribution in [2.75, 3.05) is 11.9 Å². The number of carbonyl (C=O) groups is 2. The lowest BCUT2D eigenvalue weighted by Crippen LogP contribution is -2.16. The van der Waals surface area contributed by atoms with Crippen molar-refractivity contribution in [1.82, 2.24) is 0 Å². The molecular formula is C10H10N2O6. The maximum atomic E-state index is 11.2. The van der Waals surface area contributed by atoms with Crippen LogP contribution in [0.2, 0.25) is 0 Å². The summed E-state index contributed by atoms with van der Waals surface area (Å²) in [4.78, 5) is 31.9. The highest BCUT2D eigenvalue weighted by molar-refractivity contribution is 5.99. The van der Waals surface area contributed by atoms with Crippen LogP contribution in [-0.2, 0) is 4.74 Å². The molecule has 0 radical (unpaired) electrons. The molecule has 96 valence electrons. The third kappa shape index (κ3) is 3.17. The summed E-state index contributed by atoms with van der Waals surface area (Å²) in [6, 6.07) is 3.04. The van der Waals surface area contributed by atoms with E-state index in [1.807, 2.05) is 0 Å². The summed E-state index contributed by atoms with van der Waals surface area (Å²) in [6.45, 7) is 1.67. The van der Waals surface area contributed by atoms with Crippen molar-refractivity contribution in [2.24, 2.45) is 0 Å². The fourth-order valence-corrected chi connectivity index (χ4v) is 1.21. The minimum absolute atomic E-state index is 0.100. The standard InChI is InChI=1S/C10H10N2O6/c1-2-18-10(15)11-8-5-6(12(16)17)3-4-7(8)9(13)14/h3-5H,2H2,1H3,(H,11,15)(H,13,14). The number of amides is 1. The second-order valence-corrected chi connectivity index (χ2v) is 3.14. The lowest BCUT2D eigenvalue weighted by Gasteiger charge is -2.07. The zero-order valence-electron chi connectivity index (χ0n) is 9.37. The van der Waals surface area contributed by atoms with E-state index in [-0.39, 0.29) is 23.5 Å². The van der Waals surface area contributed by atoms with Crippen LogP contribution >= 0.6 is 0 Å². The lowest BCUT2D eigenvalue weighted by molar-refractivity contribution is -0.384. The predicted molar refractivity (Wildman–Crippen MR) is 60.7 cm³/mol. The predicted octanol–water partition coefficient (Wildman–Crippen LogP) is 1.86. The molecule has 0 aliphatic heterocycles. The first kappa shape index (κ1) is 13.4. The van der Waals surface area contributed by atoms with Crippen LogP contribution in [0.3, 0.4) is 0 Å². The molecule has 0 aromatic heterocycles. The first-order valence-corrected chi connectivity index (χ1v) is 4.91. The molecule has 0 heterocycles. The lowest BCUT2D eigenvalue weighted by atomic mass is 10.1. The van der Waals surface area contributed by atoms with Crippen LogP contribution in [0.15, 0.2) is 18.2 Å². The van der Waals surface area contributed by atoms with Crippen molar-refractivity contribution in [3.05, 3.63) is 33.9 Å². The Labute approximate surface area is 101 Å². The van der Waals surface area contributed by atoms with E-state index in [0.29, 0.717) is 0 Å². The quantitative estimate of drug-likeness (QED) is 0.625. The van der Waals surface area contributed by atoms with E-state index in [1.54, 1.807) is 6.92 Å². The Morgan fingerprint density at radius 3 is 2.67 bits per heavy atom. The number of carboxylic acids is 1. The normalized spacial score (nSPS) is 9.61. The average Bonchev–Trinajstić information content (AvgIpc) is 2.28. The van der Waals surface area contributed by atoms with Gasteiger partial charge in [0.05, 0.1) is 22.8 Å². The van der Waals surface area contributed by atoms with Crippen molar-refractivity contribution >= 4 is 23.4 Å². The number of non-ortho nitro benzene ring substituents is 1. The van der Waals surface area contributed by atoms with E-state index in [9.17, 15) is 19.7 Å². The van der Waals surface area contributed by atoms with Gasteiger partial charge < -0.3 is 9.84 Å². The summed E-state index contributed by atoms with van der Waals surface area (Å²) in [6.07, 6.45) is -0.875. The molecule has 0 saturated carbocycles. The van der Waals surface area contributed by atoms with Crippen LogP contribution in [0.25, 0.3) is 0 Å². The molecule has 1 aromatic carbocycles. The fourth-order valence-electron chi connectivity index (χ4n) is 1.21. The average molecular weight is 254 g/mol. The van der Waals surface area contributed by atoms with Gasteiger partial charge in [-0.15, -0.1) is 0 Å². The third-order valence-corrected chi connectivity index (χ3v) is 1.96. The first-order valence-electron chi connectivity index (χ1n) is 4.91. The number of rotatable bonds is 4. The second kappa shape index (κ2) is 5.62. The van der Waals surface area contributed by atoms with Gasteiger partial charge in [-0.3, -0.25) is 15.4 Å². The summed E-state index contributed by atoms with van der Waals surface area (Å²) < 4.78 is 4.57. The van der Waals surface area contributed by atoms with Crippen LogP contribution in [0.5, 0.6) is 0 Å². The molecule has 1 aromatic rings. The van der Waals surface area contributed by atoms with Gasteiger partial charge in [0.15, 0.2) is 0 Å². The van der Waals surface area contributed by atoms with Crippen LogP contribution in [0.4, 0.5) is 16.2 Å². The number of benzene rings is 1. The Hall–Kier alpha value is -2.64. The van der Waals surface area contributed by atoms with Gasteiger partial charge in [-0.05, 0) is 13.0 Å². The van der Waals surface area contributed by atoms with Crippen LogP contribution < -0.4 is 5.32 Å². The maximum absolute atomic E-state index is 11.2. The number of nitrogens with one attached hydrogen (secondary N) is 1. The van der Waals surface area contributed by atoms with Crippen LogP contribution in [-0.4, -0.2) is 28.7 Å². The van der Waals surface area contributed by atoms with E-state index >= 15 is 0 Å². The highest BCUT2D eigenvalue weighted by Gasteiger charge is 2.17. The number of nitro groups is 1. The Morgan fingerprint density at radius 1 is 1.50 bits per heavy atom. The van der Waals surface area contributed by atoms with Crippen LogP contribution in [0.1, 0.15) is 17.3 Å². The van der Waals surface area contributed by atoms with E-state index in [2.05, 4.69) is 10.1 Å². The molecule has 1 amide bonds. The van der Waals surface area contributed by atoms with Crippen LogP contribution in [0, 0.1) is 10.1 Å². The Morgan fingerprint density at radius 2 is 2.17 bits per heavy atom. The molecule has 0 fully saturated rings. The summed E-state index contributed by atoms with van der Waals surface area (Å²) >= 11 is 0. The number of nitro benzene ring substituents is 1. The Balaban J connectivity index is 3.11. The Bertz CT molecular complexity index is 499. The number of nitrogens with zero attached hydrogens (tertiary/aromatic N) is 1. The molecular weight excluding hydrogens is 244 g/mol. The molecule has 2 N–H and O–H groups in total. The first-order chi connectivity index (χ1) is 8.45. The summed E-state index contributed by atoms with van der Waals surface area (Å²) in [7, 11) is 0. The molecule has 0 unspecified atom stereocenters. The van der Waals surface area contributed by atoms with Gasteiger partial charge in [-0.1, -0.05) is 0 Å². The number of hydrogen-bond acceptors (Lipinski definition) is 5. The van der Waals surface area contributed by atoms with E-state index in [0.717, 1.165) is 18.2 Å². The van der Waals surface area contributed by atoms with Crippen molar-refractivity contribution in [2.45, 2.75) is 6.92 Å². The van der Waals surface area contributed by atoms with Gasteiger partial charge >= 0.3 is 12.1 Å². The summed E-state index contributed by atoms with van der Waals surface area (Å²) in [5, 5.41) is 21.6. The smallest absolute Gasteiger partial charge is 0.411 e. The van der Waals surface area contributed by atoms with Gasteiger partial charge in [0.1, 0.15) is 0 Å². The molecule has 8 heteroatoms. The largest absolute Gasteiger partial charge is 0.478 e. The minimum atomic E-state index is -1.31. The molecule has 0 spiro atoms. The Kier molecular flexibility index (Phi) is 4.19. The van der Waals surface area contributed by atoms with E-state index < -0.39 is 17.0 Å². The molecule has 0 bridgehead atoms. The topological polar surface area (TPSA) is 119 Å². The molecule has 0 saturated heterocycles. The third-order valence-electron chi connectivity index (χ3n) is 1.96.